The smallest absolute Gasteiger partial charge is 0.371 e. The van der Waals surface area contributed by atoms with Crippen LogP contribution in [0.3, 0.4) is 0 Å². The second-order valence-corrected chi connectivity index (χ2v) is 6.87. The third-order valence-electron chi connectivity index (χ3n) is 5.71. The van der Waals surface area contributed by atoms with Crippen LogP contribution in [-0.4, -0.2) is 47.7 Å². The average Bonchev–Trinajstić information content (AvgIpc) is 3.08. The molecule has 1 N–H and O–H groups in total. The van der Waals surface area contributed by atoms with Crippen LogP contribution in [-0.2, 0) is 4.74 Å². The first kappa shape index (κ1) is 17.0. The zero-order chi connectivity index (χ0) is 17.3. The van der Waals surface area contributed by atoms with E-state index in [0.29, 0.717) is 6.61 Å². The van der Waals surface area contributed by atoms with Gasteiger partial charge in [-0.2, -0.15) is 0 Å². The Morgan fingerprint density at radius 3 is 2.54 bits per heavy atom. The van der Waals surface area contributed by atoms with Crippen LogP contribution in [0.25, 0.3) is 0 Å². The monoisotopic (exact) mass is 335 g/mol. The van der Waals surface area contributed by atoms with E-state index in [4.69, 9.17) is 14.3 Å². The van der Waals surface area contributed by atoms with Gasteiger partial charge in [0.25, 0.3) is 5.91 Å². The van der Waals surface area contributed by atoms with Crippen molar-refractivity contribution in [3.05, 3.63) is 23.7 Å². The fourth-order valence-electron chi connectivity index (χ4n) is 4.45. The number of aromatic carboxylic acids is 1. The number of hydrogen-bond acceptors (Lipinski definition) is 4. The zero-order valence-electron chi connectivity index (χ0n) is 14.3. The molecule has 1 amide bonds. The van der Waals surface area contributed by atoms with Gasteiger partial charge < -0.3 is 19.2 Å². The molecule has 2 aliphatic carbocycles. The third kappa shape index (κ3) is 2.73. The van der Waals surface area contributed by atoms with Gasteiger partial charge in [0.05, 0.1) is 6.10 Å². The topological polar surface area (TPSA) is 80.0 Å². The Morgan fingerprint density at radius 1 is 1.29 bits per heavy atom. The molecule has 2 unspecified atom stereocenters. The minimum Gasteiger partial charge on any atom is -0.475 e. The van der Waals surface area contributed by atoms with E-state index in [0.717, 1.165) is 19.3 Å². The predicted octanol–water partition coefficient (Wildman–Crippen LogP) is 3.18. The van der Waals surface area contributed by atoms with Crippen LogP contribution in [0, 0.1) is 5.41 Å². The van der Waals surface area contributed by atoms with Crippen molar-refractivity contribution in [2.45, 2.75) is 57.6 Å². The molecule has 132 valence electrons. The Kier molecular flexibility index (Phi) is 4.67. The second kappa shape index (κ2) is 6.59. The predicted molar refractivity (Wildman–Crippen MR) is 87.1 cm³/mol. The Morgan fingerprint density at radius 2 is 1.96 bits per heavy atom. The van der Waals surface area contributed by atoms with E-state index < -0.39 is 5.97 Å². The standard InChI is InChI=1S/C18H25NO5/c1-3-23-15-11-14(18(15)9-5-4-6-10-18)19(2)16(20)12-7-8-13(24-12)17(21)22/h7-8,14-15H,3-6,9-11H2,1-2H3,(H,21,22). The second-order valence-electron chi connectivity index (χ2n) is 6.87. The van der Waals surface area contributed by atoms with Gasteiger partial charge >= 0.3 is 5.97 Å². The number of carboxylic acid groups (broad SMARTS) is 1. The quantitative estimate of drug-likeness (QED) is 0.894. The maximum atomic E-state index is 12.7. The summed E-state index contributed by atoms with van der Waals surface area (Å²) in [6.07, 6.45) is 6.80. The van der Waals surface area contributed by atoms with E-state index in [1.807, 2.05) is 6.92 Å². The average molecular weight is 335 g/mol. The van der Waals surface area contributed by atoms with E-state index in [1.54, 1.807) is 11.9 Å². The molecule has 2 atom stereocenters. The van der Waals surface area contributed by atoms with Crippen molar-refractivity contribution in [2.24, 2.45) is 5.41 Å². The summed E-state index contributed by atoms with van der Waals surface area (Å²) >= 11 is 0. The number of rotatable bonds is 5. The van der Waals surface area contributed by atoms with Gasteiger partial charge in [-0.3, -0.25) is 4.79 Å². The molecule has 2 saturated carbocycles. The SMILES string of the molecule is CCOC1CC(N(C)C(=O)c2ccc(C(=O)O)o2)C12CCCCC2. The summed E-state index contributed by atoms with van der Waals surface area (Å²) in [7, 11) is 1.79. The number of nitrogens with zero attached hydrogens (tertiary/aromatic N) is 1. The molecule has 0 radical (unpaired) electrons. The van der Waals surface area contributed by atoms with Crippen molar-refractivity contribution in [3.8, 4) is 0 Å². The van der Waals surface area contributed by atoms with Gasteiger partial charge in [-0.15, -0.1) is 0 Å². The molecule has 2 fully saturated rings. The third-order valence-corrected chi connectivity index (χ3v) is 5.71. The Hall–Kier alpha value is -1.82. The fraction of sp³-hybridized carbons (Fsp3) is 0.667. The molecule has 1 aromatic heterocycles. The van der Waals surface area contributed by atoms with Crippen LogP contribution in [0.15, 0.2) is 16.5 Å². The van der Waals surface area contributed by atoms with Crippen LogP contribution >= 0.6 is 0 Å². The van der Waals surface area contributed by atoms with Gasteiger partial charge in [0.15, 0.2) is 5.76 Å². The summed E-state index contributed by atoms with van der Waals surface area (Å²) in [6, 6.07) is 2.89. The number of carbonyl (C=O) groups excluding carboxylic acids is 1. The lowest BCUT2D eigenvalue weighted by molar-refractivity contribution is -0.170. The molecule has 3 rings (SSSR count). The zero-order valence-corrected chi connectivity index (χ0v) is 14.3. The van der Waals surface area contributed by atoms with Crippen LogP contribution in [0.2, 0.25) is 0 Å². The lowest BCUT2D eigenvalue weighted by atomic mass is 9.54. The Labute approximate surface area is 141 Å². The molecule has 0 saturated heterocycles. The van der Waals surface area contributed by atoms with Crippen molar-refractivity contribution in [1.29, 1.82) is 0 Å². The highest BCUT2D eigenvalue weighted by molar-refractivity contribution is 5.93. The van der Waals surface area contributed by atoms with Crippen LogP contribution in [0.1, 0.15) is 66.6 Å². The maximum absolute atomic E-state index is 12.7. The first-order valence-corrected chi connectivity index (χ1v) is 8.71. The molecule has 24 heavy (non-hydrogen) atoms. The van der Waals surface area contributed by atoms with Crippen molar-refractivity contribution >= 4 is 11.9 Å². The van der Waals surface area contributed by atoms with Gasteiger partial charge in [-0.05, 0) is 38.3 Å². The van der Waals surface area contributed by atoms with Crippen LogP contribution < -0.4 is 0 Å². The summed E-state index contributed by atoms with van der Waals surface area (Å²) in [4.78, 5) is 25.4. The molecule has 1 spiro atoms. The van der Waals surface area contributed by atoms with Crippen molar-refractivity contribution in [3.63, 3.8) is 0 Å². The lowest BCUT2D eigenvalue weighted by Crippen LogP contribution is -2.65. The van der Waals surface area contributed by atoms with E-state index in [2.05, 4.69) is 0 Å². The number of ether oxygens (including phenoxy) is 1. The number of amides is 1. The van der Waals surface area contributed by atoms with E-state index in [1.165, 1.54) is 31.4 Å². The molecule has 1 aromatic rings. The van der Waals surface area contributed by atoms with Crippen molar-refractivity contribution in [1.82, 2.24) is 4.90 Å². The van der Waals surface area contributed by atoms with Gasteiger partial charge in [-0.25, -0.2) is 4.79 Å². The molecule has 1 heterocycles. The van der Waals surface area contributed by atoms with Crippen molar-refractivity contribution < 1.29 is 23.8 Å². The Balaban J connectivity index is 1.76. The molecule has 6 heteroatoms. The molecule has 0 aromatic carbocycles. The van der Waals surface area contributed by atoms with Crippen LogP contribution in [0.4, 0.5) is 0 Å². The van der Waals surface area contributed by atoms with Crippen molar-refractivity contribution in [2.75, 3.05) is 13.7 Å². The first-order chi connectivity index (χ1) is 11.5. The summed E-state index contributed by atoms with van der Waals surface area (Å²) in [5.41, 5.74) is 0.0426. The minimum absolute atomic E-state index is 0.0426. The number of hydrogen-bond donors (Lipinski definition) is 1. The van der Waals surface area contributed by atoms with Gasteiger partial charge in [-0.1, -0.05) is 19.3 Å². The highest BCUT2D eigenvalue weighted by Gasteiger charge is 2.58. The molecule has 6 nitrogen and oxygen atoms in total. The number of carboxylic acids is 1. The summed E-state index contributed by atoms with van der Waals surface area (Å²) < 4.78 is 11.1. The maximum Gasteiger partial charge on any atom is 0.371 e. The minimum atomic E-state index is -1.17. The molecular formula is C18H25NO5. The lowest BCUT2D eigenvalue weighted by Gasteiger charge is -2.60. The summed E-state index contributed by atoms with van der Waals surface area (Å²) in [5, 5.41) is 8.94. The van der Waals surface area contributed by atoms with E-state index in [9.17, 15) is 9.59 Å². The van der Waals surface area contributed by atoms with E-state index in [-0.39, 0.29) is 35.0 Å². The van der Waals surface area contributed by atoms with E-state index >= 15 is 0 Å². The van der Waals surface area contributed by atoms with Gasteiger partial charge in [0.2, 0.25) is 5.76 Å². The summed E-state index contributed by atoms with van der Waals surface area (Å²) in [6.45, 7) is 2.70. The molecule has 2 aliphatic rings. The first-order valence-electron chi connectivity index (χ1n) is 8.71. The fourth-order valence-corrected chi connectivity index (χ4v) is 4.45. The van der Waals surface area contributed by atoms with Crippen LogP contribution in [0.5, 0.6) is 0 Å². The largest absolute Gasteiger partial charge is 0.475 e. The van der Waals surface area contributed by atoms with Gasteiger partial charge in [0.1, 0.15) is 0 Å². The normalized spacial score (nSPS) is 25.2. The molecule has 0 bridgehead atoms. The summed E-state index contributed by atoms with van der Waals surface area (Å²) in [5.74, 6) is -1.55. The number of carbonyl (C=O) groups is 2. The number of furan rings is 1. The Bertz CT molecular complexity index is 617. The van der Waals surface area contributed by atoms with Gasteiger partial charge in [0, 0.05) is 25.1 Å². The highest BCUT2D eigenvalue weighted by atomic mass is 16.5. The highest BCUT2D eigenvalue weighted by Crippen LogP contribution is 2.55. The molecular weight excluding hydrogens is 310 g/mol. The molecule has 0 aliphatic heterocycles.